The Morgan fingerprint density at radius 1 is 1.12 bits per heavy atom. The Morgan fingerprint density at radius 2 is 1.75 bits per heavy atom. The SMILES string of the molecule is CC(C)CC1(OC(C)COC(C)CO)CC1. The van der Waals surface area contributed by atoms with Gasteiger partial charge in [0.25, 0.3) is 0 Å². The lowest BCUT2D eigenvalue weighted by Crippen LogP contribution is -2.28. The van der Waals surface area contributed by atoms with E-state index in [1.54, 1.807) is 0 Å². The van der Waals surface area contributed by atoms with Crippen molar-refractivity contribution in [3.05, 3.63) is 0 Å². The van der Waals surface area contributed by atoms with Gasteiger partial charge in [-0.2, -0.15) is 0 Å². The van der Waals surface area contributed by atoms with Crippen LogP contribution in [-0.4, -0.2) is 36.1 Å². The molecule has 1 aliphatic rings. The van der Waals surface area contributed by atoms with Gasteiger partial charge in [-0.3, -0.25) is 0 Å². The van der Waals surface area contributed by atoms with E-state index < -0.39 is 0 Å². The lowest BCUT2D eigenvalue weighted by Gasteiger charge is -2.24. The number of hydrogen-bond donors (Lipinski definition) is 1. The molecule has 0 aromatic carbocycles. The van der Waals surface area contributed by atoms with Crippen LogP contribution < -0.4 is 0 Å². The highest BCUT2D eigenvalue weighted by Crippen LogP contribution is 2.45. The molecule has 1 rings (SSSR count). The van der Waals surface area contributed by atoms with E-state index in [0.29, 0.717) is 12.5 Å². The minimum atomic E-state index is -0.0914. The third-order valence-corrected chi connectivity index (χ3v) is 2.91. The predicted molar refractivity (Wildman–Crippen MR) is 64.5 cm³/mol. The average Bonchev–Trinajstić information content (AvgIpc) is 2.92. The van der Waals surface area contributed by atoms with Crippen LogP contribution in [0.4, 0.5) is 0 Å². The van der Waals surface area contributed by atoms with Crippen molar-refractivity contribution in [3.8, 4) is 0 Å². The van der Waals surface area contributed by atoms with Crippen LogP contribution in [0.2, 0.25) is 0 Å². The Balaban J connectivity index is 2.21. The van der Waals surface area contributed by atoms with Crippen LogP contribution in [0, 0.1) is 5.92 Å². The Morgan fingerprint density at radius 3 is 2.19 bits per heavy atom. The van der Waals surface area contributed by atoms with Crippen molar-refractivity contribution in [2.45, 2.75) is 64.8 Å². The van der Waals surface area contributed by atoms with Gasteiger partial charge in [0.1, 0.15) is 0 Å². The number of hydrogen-bond acceptors (Lipinski definition) is 3. The molecule has 0 spiro atoms. The summed E-state index contributed by atoms with van der Waals surface area (Å²) in [5, 5.41) is 8.85. The van der Waals surface area contributed by atoms with Gasteiger partial charge in [-0.15, -0.1) is 0 Å². The molecule has 3 nitrogen and oxygen atoms in total. The van der Waals surface area contributed by atoms with Gasteiger partial charge in [-0.25, -0.2) is 0 Å². The van der Waals surface area contributed by atoms with Crippen molar-refractivity contribution in [2.75, 3.05) is 13.2 Å². The molecule has 0 amide bonds. The van der Waals surface area contributed by atoms with E-state index in [4.69, 9.17) is 14.6 Å². The fraction of sp³-hybridized carbons (Fsp3) is 1.00. The molecule has 1 fully saturated rings. The quantitative estimate of drug-likeness (QED) is 0.695. The molecule has 1 N–H and O–H groups in total. The summed E-state index contributed by atoms with van der Waals surface area (Å²) in [4.78, 5) is 0. The zero-order valence-electron chi connectivity index (χ0n) is 11.0. The predicted octanol–water partition coefficient (Wildman–Crippen LogP) is 2.37. The summed E-state index contributed by atoms with van der Waals surface area (Å²) in [7, 11) is 0. The number of aliphatic hydroxyl groups excluding tert-OH is 1. The fourth-order valence-corrected chi connectivity index (χ4v) is 2.07. The summed E-state index contributed by atoms with van der Waals surface area (Å²) in [6.07, 6.45) is 3.55. The molecule has 0 aliphatic heterocycles. The largest absolute Gasteiger partial charge is 0.394 e. The molecule has 0 radical (unpaired) electrons. The smallest absolute Gasteiger partial charge is 0.0788 e. The van der Waals surface area contributed by atoms with Crippen LogP contribution >= 0.6 is 0 Å². The third kappa shape index (κ3) is 4.81. The monoisotopic (exact) mass is 230 g/mol. The molecule has 96 valence electrons. The normalized spacial score (nSPS) is 22.1. The fourth-order valence-electron chi connectivity index (χ4n) is 2.07. The van der Waals surface area contributed by atoms with Gasteiger partial charge in [0, 0.05) is 0 Å². The minimum absolute atomic E-state index is 0.0733. The molecule has 2 unspecified atom stereocenters. The standard InChI is InChI=1S/C13H26O3/c1-10(2)7-13(5-6-13)16-12(4)9-15-11(3)8-14/h10-12,14H,5-9H2,1-4H3. The second-order valence-corrected chi connectivity index (χ2v) is 5.54. The highest BCUT2D eigenvalue weighted by molar-refractivity contribution is 4.96. The zero-order valence-corrected chi connectivity index (χ0v) is 11.0. The molecule has 0 bridgehead atoms. The van der Waals surface area contributed by atoms with E-state index in [9.17, 15) is 0 Å². The van der Waals surface area contributed by atoms with Crippen LogP contribution in [-0.2, 0) is 9.47 Å². The minimum Gasteiger partial charge on any atom is -0.394 e. The summed E-state index contributed by atoms with van der Waals surface area (Å²) in [5.74, 6) is 0.687. The van der Waals surface area contributed by atoms with Gasteiger partial charge >= 0.3 is 0 Å². The second kappa shape index (κ2) is 5.99. The maximum absolute atomic E-state index is 8.85. The van der Waals surface area contributed by atoms with Gasteiger partial charge in [-0.05, 0) is 39.0 Å². The molecule has 0 aromatic rings. The maximum atomic E-state index is 8.85. The molecular formula is C13H26O3. The first-order valence-electron chi connectivity index (χ1n) is 6.38. The van der Waals surface area contributed by atoms with Crippen LogP contribution in [0.3, 0.4) is 0 Å². The number of rotatable bonds is 8. The van der Waals surface area contributed by atoms with E-state index in [2.05, 4.69) is 13.8 Å². The van der Waals surface area contributed by atoms with Crippen LogP contribution in [0.5, 0.6) is 0 Å². The Labute approximate surface area is 99.1 Å². The summed E-state index contributed by atoms with van der Waals surface area (Å²) in [6.45, 7) is 9.03. The molecule has 0 heterocycles. The van der Waals surface area contributed by atoms with Crippen LogP contribution in [0.15, 0.2) is 0 Å². The molecule has 16 heavy (non-hydrogen) atoms. The van der Waals surface area contributed by atoms with Crippen LogP contribution in [0.25, 0.3) is 0 Å². The molecule has 0 saturated heterocycles. The number of ether oxygens (including phenoxy) is 2. The van der Waals surface area contributed by atoms with Crippen molar-refractivity contribution < 1.29 is 14.6 Å². The van der Waals surface area contributed by atoms with Gasteiger partial charge in [0.05, 0.1) is 31.0 Å². The maximum Gasteiger partial charge on any atom is 0.0788 e. The second-order valence-electron chi connectivity index (χ2n) is 5.54. The van der Waals surface area contributed by atoms with Gasteiger partial charge < -0.3 is 14.6 Å². The summed E-state index contributed by atoms with van der Waals surface area (Å²) < 4.78 is 11.5. The lowest BCUT2D eigenvalue weighted by atomic mass is 10.0. The molecule has 0 aromatic heterocycles. The Kier molecular flexibility index (Phi) is 5.22. The number of aliphatic hydroxyl groups is 1. The van der Waals surface area contributed by atoms with Crippen molar-refractivity contribution in [1.82, 2.24) is 0 Å². The van der Waals surface area contributed by atoms with Gasteiger partial charge in [0.2, 0.25) is 0 Å². The summed E-state index contributed by atoms with van der Waals surface area (Å²) in [6, 6.07) is 0. The average molecular weight is 230 g/mol. The molecule has 1 saturated carbocycles. The highest BCUT2D eigenvalue weighted by atomic mass is 16.6. The molecule has 2 atom stereocenters. The topological polar surface area (TPSA) is 38.7 Å². The van der Waals surface area contributed by atoms with Crippen molar-refractivity contribution in [3.63, 3.8) is 0 Å². The lowest BCUT2D eigenvalue weighted by molar-refractivity contribution is -0.0874. The van der Waals surface area contributed by atoms with E-state index in [-0.39, 0.29) is 24.4 Å². The van der Waals surface area contributed by atoms with Crippen molar-refractivity contribution in [1.29, 1.82) is 0 Å². The van der Waals surface area contributed by atoms with Gasteiger partial charge in [-0.1, -0.05) is 13.8 Å². The van der Waals surface area contributed by atoms with Crippen molar-refractivity contribution >= 4 is 0 Å². The van der Waals surface area contributed by atoms with Crippen molar-refractivity contribution in [2.24, 2.45) is 5.92 Å². The van der Waals surface area contributed by atoms with E-state index >= 15 is 0 Å². The molecular weight excluding hydrogens is 204 g/mol. The first kappa shape index (κ1) is 13.9. The summed E-state index contributed by atoms with van der Waals surface area (Å²) >= 11 is 0. The molecule has 1 aliphatic carbocycles. The first-order chi connectivity index (χ1) is 7.47. The Hall–Kier alpha value is -0.120. The third-order valence-electron chi connectivity index (χ3n) is 2.91. The molecule has 3 heteroatoms. The van der Waals surface area contributed by atoms with E-state index in [1.807, 2.05) is 13.8 Å². The van der Waals surface area contributed by atoms with E-state index in [0.717, 1.165) is 6.42 Å². The van der Waals surface area contributed by atoms with Crippen LogP contribution in [0.1, 0.15) is 47.0 Å². The first-order valence-corrected chi connectivity index (χ1v) is 6.38. The summed E-state index contributed by atoms with van der Waals surface area (Å²) in [5.41, 5.74) is 0.138. The van der Waals surface area contributed by atoms with E-state index in [1.165, 1.54) is 12.8 Å². The zero-order chi connectivity index (χ0) is 12.2. The highest BCUT2D eigenvalue weighted by Gasteiger charge is 2.45. The Bertz CT molecular complexity index is 199. The van der Waals surface area contributed by atoms with Gasteiger partial charge in [0.15, 0.2) is 0 Å².